The van der Waals surface area contributed by atoms with Gasteiger partial charge in [0.05, 0.1) is 42.5 Å². The van der Waals surface area contributed by atoms with E-state index in [0.29, 0.717) is 24.5 Å². The number of piperidine rings is 1. The van der Waals surface area contributed by atoms with Crippen LogP contribution in [0.25, 0.3) is 0 Å². The summed E-state index contributed by atoms with van der Waals surface area (Å²) in [6, 6.07) is 1.18. The van der Waals surface area contributed by atoms with Crippen LogP contribution in [-0.2, 0) is 6.61 Å². The predicted molar refractivity (Wildman–Crippen MR) is 90.0 cm³/mol. The first-order valence-electron chi connectivity index (χ1n) is 7.95. The minimum atomic E-state index is -1.10. The monoisotopic (exact) mass is 347 g/mol. The number of hydrogen-bond donors (Lipinski definition) is 4. The molecular formula is C15H21N7O3. The Kier molecular flexibility index (Phi) is 4.70. The lowest BCUT2D eigenvalue weighted by molar-refractivity contribution is 0.167. The number of aliphatic hydroxyl groups excluding tert-OH is 1. The Bertz CT molecular complexity index is 750. The number of amides is 1. The zero-order valence-electron chi connectivity index (χ0n) is 13.8. The molecule has 1 fully saturated rings. The Hall–Kier alpha value is -2.88. The van der Waals surface area contributed by atoms with E-state index in [0.717, 1.165) is 5.69 Å². The first kappa shape index (κ1) is 17.0. The number of aliphatic hydroxyl groups is 1. The molecule has 2 aromatic heterocycles. The molecule has 0 aromatic carbocycles. The standard InChI is InChI=1S/C15H21N7O3/c1-9-5-21(13-2-3-17-4-11(13)16)7-12(18-15(24)25)14(9)22-6-10(8-23)19-20-22/h2-4,6,9,12,14,18,23H,5,7-8,16H2,1H3,(H,24,25)/t9-,12+,14+/m0/s1. The van der Waals surface area contributed by atoms with Gasteiger partial charge in [-0.1, -0.05) is 12.1 Å². The summed E-state index contributed by atoms with van der Waals surface area (Å²) >= 11 is 0. The van der Waals surface area contributed by atoms with E-state index in [1.54, 1.807) is 23.3 Å². The van der Waals surface area contributed by atoms with Crippen molar-refractivity contribution in [3.05, 3.63) is 30.4 Å². The van der Waals surface area contributed by atoms with Crippen molar-refractivity contribution < 1.29 is 15.0 Å². The Balaban J connectivity index is 1.90. The normalized spacial score (nSPS) is 23.4. The summed E-state index contributed by atoms with van der Waals surface area (Å²) in [6.45, 7) is 2.91. The molecule has 25 heavy (non-hydrogen) atoms. The van der Waals surface area contributed by atoms with Gasteiger partial charge >= 0.3 is 6.09 Å². The maximum Gasteiger partial charge on any atom is 0.405 e. The van der Waals surface area contributed by atoms with Crippen molar-refractivity contribution in [3.63, 3.8) is 0 Å². The molecule has 134 valence electrons. The number of nitrogen functional groups attached to an aromatic ring is 1. The molecule has 10 nitrogen and oxygen atoms in total. The molecule has 0 unspecified atom stereocenters. The van der Waals surface area contributed by atoms with Gasteiger partial charge in [0, 0.05) is 19.3 Å². The highest BCUT2D eigenvalue weighted by atomic mass is 16.4. The van der Waals surface area contributed by atoms with Gasteiger partial charge in [-0.25, -0.2) is 9.48 Å². The SMILES string of the molecule is C[C@H]1CN(c2ccncc2N)C[C@@H](NC(=O)O)[C@@H]1n1cc(CO)nn1. The summed E-state index contributed by atoms with van der Waals surface area (Å²) in [7, 11) is 0. The van der Waals surface area contributed by atoms with Crippen molar-refractivity contribution in [2.24, 2.45) is 5.92 Å². The van der Waals surface area contributed by atoms with Gasteiger partial charge in [0.1, 0.15) is 5.69 Å². The number of aromatic nitrogens is 4. The summed E-state index contributed by atoms with van der Waals surface area (Å²) in [5.74, 6) is 0.0615. The molecule has 1 saturated heterocycles. The highest BCUT2D eigenvalue weighted by Gasteiger charge is 2.38. The van der Waals surface area contributed by atoms with Crippen molar-refractivity contribution in [1.29, 1.82) is 0 Å². The quantitative estimate of drug-likeness (QED) is 0.609. The van der Waals surface area contributed by atoms with E-state index in [1.165, 1.54) is 0 Å². The second-order valence-electron chi connectivity index (χ2n) is 6.21. The summed E-state index contributed by atoms with van der Waals surface area (Å²) < 4.78 is 1.63. The number of nitrogens with one attached hydrogen (secondary N) is 1. The third kappa shape index (κ3) is 3.48. The lowest BCUT2D eigenvalue weighted by Crippen LogP contribution is -2.56. The molecule has 3 heterocycles. The van der Waals surface area contributed by atoms with E-state index in [9.17, 15) is 15.0 Å². The van der Waals surface area contributed by atoms with Crippen LogP contribution < -0.4 is 16.0 Å². The van der Waals surface area contributed by atoms with Crippen LogP contribution in [0.5, 0.6) is 0 Å². The molecule has 0 bridgehead atoms. The first-order chi connectivity index (χ1) is 12.0. The van der Waals surface area contributed by atoms with Crippen LogP contribution in [0.4, 0.5) is 16.2 Å². The van der Waals surface area contributed by atoms with E-state index < -0.39 is 12.1 Å². The molecule has 1 aliphatic rings. The summed E-state index contributed by atoms with van der Waals surface area (Å²) in [4.78, 5) is 17.3. The van der Waals surface area contributed by atoms with Crippen LogP contribution in [0.3, 0.4) is 0 Å². The number of nitrogens with zero attached hydrogens (tertiary/aromatic N) is 5. The zero-order valence-corrected chi connectivity index (χ0v) is 13.8. The summed E-state index contributed by atoms with van der Waals surface area (Å²) in [5, 5.41) is 28.9. The molecule has 1 aliphatic heterocycles. The average molecular weight is 347 g/mol. The van der Waals surface area contributed by atoms with E-state index in [2.05, 4.69) is 20.6 Å². The molecule has 10 heteroatoms. The fraction of sp³-hybridized carbons (Fsp3) is 0.467. The molecule has 5 N–H and O–H groups in total. The average Bonchev–Trinajstić information content (AvgIpc) is 3.03. The number of carbonyl (C=O) groups is 1. The van der Waals surface area contributed by atoms with E-state index in [-0.39, 0.29) is 18.6 Å². The highest BCUT2D eigenvalue weighted by Crippen LogP contribution is 2.33. The first-order valence-corrected chi connectivity index (χ1v) is 7.95. The molecule has 3 rings (SSSR count). The van der Waals surface area contributed by atoms with Crippen LogP contribution in [0.2, 0.25) is 0 Å². The van der Waals surface area contributed by atoms with Crippen molar-refractivity contribution >= 4 is 17.5 Å². The van der Waals surface area contributed by atoms with Crippen LogP contribution in [0.1, 0.15) is 18.7 Å². The van der Waals surface area contributed by atoms with Crippen molar-refractivity contribution in [2.75, 3.05) is 23.7 Å². The van der Waals surface area contributed by atoms with Gasteiger partial charge in [-0.15, -0.1) is 5.10 Å². The largest absolute Gasteiger partial charge is 0.465 e. The van der Waals surface area contributed by atoms with E-state index in [4.69, 9.17) is 5.73 Å². The fourth-order valence-electron chi connectivity index (χ4n) is 3.42. The van der Waals surface area contributed by atoms with Gasteiger partial charge in [0.2, 0.25) is 0 Å². The second-order valence-corrected chi connectivity index (χ2v) is 6.21. The topological polar surface area (TPSA) is 142 Å². The van der Waals surface area contributed by atoms with Gasteiger partial charge in [-0.3, -0.25) is 4.98 Å². The fourth-order valence-corrected chi connectivity index (χ4v) is 3.42. The molecule has 0 aliphatic carbocycles. The number of anilines is 2. The molecule has 1 amide bonds. The Morgan fingerprint density at radius 2 is 2.28 bits per heavy atom. The van der Waals surface area contributed by atoms with Crippen LogP contribution in [0, 0.1) is 5.92 Å². The Labute approximate surface area is 144 Å². The Morgan fingerprint density at radius 1 is 1.48 bits per heavy atom. The van der Waals surface area contributed by atoms with Gasteiger partial charge in [-0.2, -0.15) is 0 Å². The minimum absolute atomic E-state index is 0.0615. The maximum atomic E-state index is 11.3. The zero-order chi connectivity index (χ0) is 18.0. The Morgan fingerprint density at radius 3 is 2.92 bits per heavy atom. The molecule has 0 spiro atoms. The van der Waals surface area contributed by atoms with E-state index >= 15 is 0 Å². The summed E-state index contributed by atoms with van der Waals surface area (Å²) in [5.41, 5.74) is 7.83. The number of carboxylic acid groups (broad SMARTS) is 1. The molecular weight excluding hydrogens is 326 g/mol. The number of nitrogens with two attached hydrogens (primary N) is 1. The van der Waals surface area contributed by atoms with Gasteiger partial charge in [0.25, 0.3) is 0 Å². The third-order valence-corrected chi connectivity index (χ3v) is 4.42. The van der Waals surface area contributed by atoms with Crippen molar-refractivity contribution in [1.82, 2.24) is 25.3 Å². The molecule has 0 saturated carbocycles. The minimum Gasteiger partial charge on any atom is -0.465 e. The molecule has 0 radical (unpaired) electrons. The van der Waals surface area contributed by atoms with Crippen molar-refractivity contribution in [3.8, 4) is 0 Å². The molecule has 2 aromatic rings. The third-order valence-electron chi connectivity index (χ3n) is 4.42. The second kappa shape index (κ2) is 6.93. The molecule has 3 atom stereocenters. The van der Waals surface area contributed by atoms with Crippen LogP contribution in [-0.4, -0.2) is 55.4 Å². The lowest BCUT2D eigenvalue weighted by Gasteiger charge is -2.43. The van der Waals surface area contributed by atoms with Gasteiger partial charge in [0.15, 0.2) is 0 Å². The van der Waals surface area contributed by atoms with Gasteiger partial charge < -0.3 is 26.2 Å². The lowest BCUT2D eigenvalue weighted by atomic mass is 9.89. The number of hydrogen-bond acceptors (Lipinski definition) is 7. The maximum absolute atomic E-state index is 11.3. The predicted octanol–water partition coefficient (Wildman–Crippen LogP) is 0.0812. The number of rotatable bonds is 4. The number of pyridine rings is 1. The highest BCUT2D eigenvalue weighted by molar-refractivity contribution is 5.67. The van der Waals surface area contributed by atoms with Gasteiger partial charge in [-0.05, 0) is 12.0 Å². The van der Waals surface area contributed by atoms with Crippen molar-refractivity contribution in [2.45, 2.75) is 25.6 Å². The summed E-state index contributed by atoms with van der Waals surface area (Å²) in [6.07, 6.45) is 3.78. The van der Waals surface area contributed by atoms with Crippen LogP contribution >= 0.6 is 0 Å². The van der Waals surface area contributed by atoms with Crippen LogP contribution in [0.15, 0.2) is 24.7 Å². The van der Waals surface area contributed by atoms with E-state index in [1.807, 2.05) is 17.9 Å². The smallest absolute Gasteiger partial charge is 0.405 e.